The maximum absolute atomic E-state index is 10.9. The van der Waals surface area contributed by atoms with Crippen molar-refractivity contribution in [2.75, 3.05) is 20.2 Å². The summed E-state index contributed by atoms with van der Waals surface area (Å²) in [5.41, 5.74) is 0.582. The molecule has 0 atom stereocenters. The summed E-state index contributed by atoms with van der Waals surface area (Å²) >= 11 is 0. The maximum atomic E-state index is 10.9. The van der Waals surface area contributed by atoms with Crippen LogP contribution in [0.5, 0.6) is 0 Å². The number of methoxy groups -OCH3 is 1. The Balaban J connectivity index is 0.000000845. The average Bonchev–Trinajstić information content (AvgIpc) is 1.91. The van der Waals surface area contributed by atoms with Crippen molar-refractivity contribution in [3.8, 4) is 0 Å². The van der Waals surface area contributed by atoms with Crippen molar-refractivity contribution in [1.82, 2.24) is 5.32 Å². The van der Waals surface area contributed by atoms with E-state index in [4.69, 9.17) is 0 Å². The lowest BCUT2D eigenvalue weighted by molar-refractivity contribution is -0.144. The van der Waals surface area contributed by atoms with E-state index >= 15 is 0 Å². The number of hydrogen-bond acceptors (Lipinski definition) is 3. The highest BCUT2D eigenvalue weighted by atomic mass is 35.5. The fourth-order valence-electron chi connectivity index (χ4n) is 2.40. The van der Waals surface area contributed by atoms with E-state index in [9.17, 15) is 4.79 Å². The highest BCUT2D eigenvalue weighted by Gasteiger charge is 2.48. The fourth-order valence-corrected chi connectivity index (χ4v) is 2.40. The van der Waals surface area contributed by atoms with Gasteiger partial charge < -0.3 is 10.1 Å². The lowest BCUT2D eigenvalue weighted by atomic mass is 9.58. The number of carbonyl (C=O) groups excluding carboxylic acids is 1. The Morgan fingerprint density at radius 3 is 2.54 bits per heavy atom. The molecular weight excluding hydrogens is 190 g/mol. The van der Waals surface area contributed by atoms with Gasteiger partial charge in [0, 0.05) is 19.5 Å². The molecule has 1 saturated carbocycles. The molecule has 0 unspecified atom stereocenters. The first kappa shape index (κ1) is 10.8. The SMILES string of the molecule is COC(=O)CC1CC2(CNC2)C1.Cl. The van der Waals surface area contributed by atoms with Gasteiger partial charge in [-0.25, -0.2) is 0 Å². The standard InChI is InChI=1S/C9H15NO2.ClH/c1-12-8(11)2-7-3-9(4-7)5-10-6-9;/h7,10H,2-6H2,1H3;1H. The molecule has 0 aromatic rings. The molecule has 0 bridgehead atoms. The smallest absolute Gasteiger partial charge is 0.305 e. The first-order valence-corrected chi connectivity index (χ1v) is 4.52. The van der Waals surface area contributed by atoms with Gasteiger partial charge >= 0.3 is 5.97 Å². The van der Waals surface area contributed by atoms with Gasteiger partial charge in [0.2, 0.25) is 0 Å². The monoisotopic (exact) mass is 205 g/mol. The van der Waals surface area contributed by atoms with Crippen molar-refractivity contribution < 1.29 is 9.53 Å². The Morgan fingerprint density at radius 2 is 2.15 bits per heavy atom. The largest absolute Gasteiger partial charge is 0.469 e. The molecule has 1 spiro atoms. The molecule has 1 heterocycles. The van der Waals surface area contributed by atoms with Crippen LogP contribution in [-0.4, -0.2) is 26.2 Å². The Bertz CT molecular complexity index is 196. The second-order valence-electron chi connectivity index (χ2n) is 4.16. The molecule has 2 aliphatic rings. The molecule has 76 valence electrons. The number of ether oxygens (including phenoxy) is 1. The highest BCUT2D eigenvalue weighted by Crippen LogP contribution is 2.49. The van der Waals surface area contributed by atoms with Crippen LogP contribution in [0.2, 0.25) is 0 Å². The highest BCUT2D eigenvalue weighted by molar-refractivity contribution is 5.85. The summed E-state index contributed by atoms with van der Waals surface area (Å²) in [6.45, 7) is 2.31. The van der Waals surface area contributed by atoms with Crippen molar-refractivity contribution in [2.24, 2.45) is 11.3 Å². The minimum Gasteiger partial charge on any atom is -0.469 e. The summed E-state index contributed by atoms with van der Waals surface area (Å²) in [6, 6.07) is 0. The van der Waals surface area contributed by atoms with Crippen molar-refractivity contribution >= 4 is 18.4 Å². The predicted molar refractivity (Wildman–Crippen MR) is 51.9 cm³/mol. The molecule has 0 aromatic carbocycles. The second-order valence-corrected chi connectivity index (χ2v) is 4.16. The van der Waals surface area contributed by atoms with Crippen LogP contribution >= 0.6 is 12.4 Å². The average molecular weight is 206 g/mol. The number of hydrogen-bond donors (Lipinski definition) is 1. The van der Waals surface area contributed by atoms with E-state index in [1.807, 2.05) is 0 Å². The molecular formula is C9H16ClNO2. The van der Waals surface area contributed by atoms with E-state index in [0.29, 0.717) is 17.8 Å². The van der Waals surface area contributed by atoms with Crippen LogP contribution < -0.4 is 5.32 Å². The number of carbonyl (C=O) groups is 1. The molecule has 1 saturated heterocycles. The van der Waals surface area contributed by atoms with Crippen LogP contribution in [0.3, 0.4) is 0 Å². The van der Waals surface area contributed by atoms with Crippen LogP contribution in [-0.2, 0) is 9.53 Å². The van der Waals surface area contributed by atoms with E-state index < -0.39 is 0 Å². The summed E-state index contributed by atoms with van der Waals surface area (Å²) in [4.78, 5) is 10.9. The quantitative estimate of drug-likeness (QED) is 0.683. The molecule has 0 amide bonds. The first-order valence-electron chi connectivity index (χ1n) is 4.52. The Labute approximate surface area is 84.6 Å². The van der Waals surface area contributed by atoms with E-state index in [1.165, 1.54) is 20.0 Å². The summed E-state index contributed by atoms with van der Waals surface area (Å²) in [7, 11) is 1.46. The first-order chi connectivity index (χ1) is 5.74. The van der Waals surface area contributed by atoms with Crippen LogP contribution in [0.15, 0.2) is 0 Å². The third-order valence-corrected chi connectivity index (χ3v) is 3.13. The van der Waals surface area contributed by atoms with Crippen LogP contribution in [0, 0.1) is 11.3 Å². The summed E-state index contributed by atoms with van der Waals surface area (Å²) in [5.74, 6) is 0.543. The minimum absolute atomic E-state index is 0. The number of nitrogens with one attached hydrogen (secondary N) is 1. The van der Waals surface area contributed by atoms with Gasteiger partial charge in [0.25, 0.3) is 0 Å². The van der Waals surface area contributed by atoms with Crippen molar-refractivity contribution in [3.63, 3.8) is 0 Å². The second kappa shape index (κ2) is 3.84. The van der Waals surface area contributed by atoms with E-state index in [-0.39, 0.29) is 18.4 Å². The topological polar surface area (TPSA) is 38.3 Å². The molecule has 13 heavy (non-hydrogen) atoms. The molecule has 3 nitrogen and oxygen atoms in total. The van der Waals surface area contributed by atoms with E-state index in [1.54, 1.807) is 0 Å². The van der Waals surface area contributed by atoms with Crippen LogP contribution in [0.25, 0.3) is 0 Å². The van der Waals surface area contributed by atoms with Gasteiger partial charge in [0.05, 0.1) is 7.11 Å². The third kappa shape index (κ3) is 1.97. The Morgan fingerprint density at radius 1 is 1.54 bits per heavy atom. The lowest BCUT2D eigenvalue weighted by Crippen LogP contribution is -2.60. The van der Waals surface area contributed by atoms with Crippen LogP contribution in [0.1, 0.15) is 19.3 Å². The third-order valence-electron chi connectivity index (χ3n) is 3.13. The zero-order valence-corrected chi connectivity index (χ0v) is 8.65. The van der Waals surface area contributed by atoms with E-state index in [2.05, 4.69) is 10.1 Å². The van der Waals surface area contributed by atoms with Gasteiger partial charge in [0.15, 0.2) is 0 Å². The molecule has 4 heteroatoms. The van der Waals surface area contributed by atoms with Gasteiger partial charge in [-0.2, -0.15) is 0 Å². The normalized spacial score (nSPS) is 24.1. The molecule has 1 aliphatic heterocycles. The number of halogens is 1. The van der Waals surface area contributed by atoms with Crippen LogP contribution in [0.4, 0.5) is 0 Å². The number of rotatable bonds is 2. The Kier molecular flexibility index (Phi) is 3.19. The molecule has 0 radical (unpaired) electrons. The van der Waals surface area contributed by atoms with Crippen molar-refractivity contribution in [2.45, 2.75) is 19.3 Å². The zero-order valence-electron chi connectivity index (χ0n) is 7.84. The fraction of sp³-hybridized carbons (Fsp3) is 0.889. The van der Waals surface area contributed by atoms with Crippen molar-refractivity contribution in [3.05, 3.63) is 0 Å². The van der Waals surface area contributed by atoms with Gasteiger partial charge in [-0.05, 0) is 24.2 Å². The summed E-state index contributed by atoms with van der Waals surface area (Å²) in [6.07, 6.45) is 3.06. The molecule has 2 fully saturated rings. The van der Waals surface area contributed by atoms with Gasteiger partial charge in [-0.1, -0.05) is 0 Å². The summed E-state index contributed by atoms with van der Waals surface area (Å²) in [5, 5.41) is 3.28. The maximum Gasteiger partial charge on any atom is 0.305 e. The predicted octanol–water partition coefficient (Wildman–Crippen LogP) is 0.971. The lowest BCUT2D eigenvalue weighted by Gasteiger charge is -2.54. The van der Waals surface area contributed by atoms with Gasteiger partial charge in [-0.3, -0.25) is 4.79 Å². The Hall–Kier alpha value is -0.280. The van der Waals surface area contributed by atoms with E-state index in [0.717, 1.165) is 13.1 Å². The molecule has 0 aromatic heterocycles. The molecule has 2 rings (SSSR count). The minimum atomic E-state index is -0.0536. The van der Waals surface area contributed by atoms with Gasteiger partial charge in [-0.15, -0.1) is 12.4 Å². The number of esters is 1. The summed E-state index contributed by atoms with van der Waals surface area (Å²) < 4.78 is 4.62. The van der Waals surface area contributed by atoms with Gasteiger partial charge in [0.1, 0.15) is 0 Å². The molecule has 1 N–H and O–H groups in total. The zero-order chi connectivity index (χ0) is 8.60. The molecule has 1 aliphatic carbocycles. The van der Waals surface area contributed by atoms with Crippen molar-refractivity contribution in [1.29, 1.82) is 0 Å².